The zero-order chi connectivity index (χ0) is 20.1. The van der Waals surface area contributed by atoms with E-state index < -0.39 is 0 Å². The van der Waals surface area contributed by atoms with Crippen molar-refractivity contribution in [3.63, 3.8) is 0 Å². The van der Waals surface area contributed by atoms with Gasteiger partial charge in [-0.1, -0.05) is 18.2 Å². The third-order valence-electron chi connectivity index (χ3n) is 5.24. The first-order valence-corrected chi connectivity index (χ1v) is 9.90. The van der Waals surface area contributed by atoms with Gasteiger partial charge in [0.05, 0.1) is 12.6 Å². The van der Waals surface area contributed by atoms with Crippen LogP contribution in [-0.4, -0.2) is 37.4 Å². The molecular formula is C23H29N3O2. The Hall–Kier alpha value is -2.82. The fraction of sp³-hybridized carbons (Fsp3) is 0.391. The molecule has 0 fully saturated rings. The Balaban J connectivity index is 1.52. The Bertz CT molecular complexity index is 843. The van der Waals surface area contributed by atoms with Gasteiger partial charge in [-0.2, -0.15) is 0 Å². The van der Waals surface area contributed by atoms with E-state index in [1.807, 2.05) is 19.1 Å². The highest BCUT2D eigenvalue weighted by Crippen LogP contribution is 2.24. The van der Waals surface area contributed by atoms with E-state index in [9.17, 15) is 9.59 Å². The average molecular weight is 380 g/mol. The minimum atomic E-state index is -0.0568. The van der Waals surface area contributed by atoms with E-state index in [1.54, 1.807) is 26.2 Å². The van der Waals surface area contributed by atoms with Gasteiger partial charge in [-0.25, -0.2) is 0 Å². The first-order valence-electron chi connectivity index (χ1n) is 9.90. The van der Waals surface area contributed by atoms with Crippen LogP contribution in [0.1, 0.15) is 52.9 Å². The van der Waals surface area contributed by atoms with Gasteiger partial charge in [-0.3, -0.25) is 9.59 Å². The van der Waals surface area contributed by atoms with Gasteiger partial charge < -0.3 is 15.5 Å². The van der Waals surface area contributed by atoms with Crippen LogP contribution in [0.5, 0.6) is 0 Å². The van der Waals surface area contributed by atoms with E-state index in [-0.39, 0.29) is 24.4 Å². The second-order valence-corrected chi connectivity index (χ2v) is 7.65. The Morgan fingerprint density at radius 2 is 1.68 bits per heavy atom. The minimum absolute atomic E-state index is 0.0263. The Morgan fingerprint density at radius 1 is 1.00 bits per heavy atom. The summed E-state index contributed by atoms with van der Waals surface area (Å²) in [5.74, 6) is -0.0955. The van der Waals surface area contributed by atoms with E-state index in [4.69, 9.17) is 0 Å². The lowest BCUT2D eigenvalue weighted by molar-refractivity contribution is -0.120. The molecule has 0 bridgehead atoms. The Kier molecular flexibility index (Phi) is 6.34. The molecule has 2 aromatic rings. The largest absolute Gasteiger partial charge is 0.376 e. The van der Waals surface area contributed by atoms with Gasteiger partial charge in [-0.15, -0.1) is 0 Å². The lowest BCUT2D eigenvalue weighted by Crippen LogP contribution is -2.32. The summed E-state index contributed by atoms with van der Waals surface area (Å²) < 4.78 is 0. The summed E-state index contributed by atoms with van der Waals surface area (Å²) in [5, 5.41) is 6.17. The van der Waals surface area contributed by atoms with Crippen molar-refractivity contribution in [3.8, 4) is 0 Å². The number of amides is 2. The molecule has 5 heteroatoms. The number of hydrogen-bond donors (Lipinski definition) is 2. The SMILES string of the molecule is CC(NC(=O)CNc1ccc(C(=O)N(C)C)cc1)c1ccc2c(c1)CCCC2. The maximum absolute atomic E-state index is 12.3. The van der Waals surface area contributed by atoms with Crippen LogP contribution in [0.4, 0.5) is 5.69 Å². The normalized spacial score (nSPS) is 14.0. The minimum Gasteiger partial charge on any atom is -0.376 e. The van der Waals surface area contributed by atoms with Crippen LogP contribution in [0, 0.1) is 0 Å². The standard InChI is InChI=1S/C23H29N3O2/c1-16(19-9-8-17-6-4-5-7-20(17)14-19)25-22(27)15-24-21-12-10-18(11-13-21)23(28)26(2)3/h8-14,16,24H,4-7,15H2,1-3H3,(H,25,27). The first kappa shape index (κ1) is 19.9. The fourth-order valence-corrected chi connectivity index (χ4v) is 3.57. The number of fused-ring (bicyclic) bond motifs is 1. The molecule has 0 heterocycles. The quantitative estimate of drug-likeness (QED) is 0.807. The van der Waals surface area contributed by atoms with Crippen LogP contribution < -0.4 is 10.6 Å². The van der Waals surface area contributed by atoms with Crippen LogP contribution in [0.2, 0.25) is 0 Å². The molecule has 0 saturated heterocycles. The molecule has 1 atom stereocenters. The van der Waals surface area contributed by atoms with Crippen LogP contribution in [0.25, 0.3) is 0 Å². The topological polar surface area (TPSA) is 61.4 Å². The van der Waals surface area contributed by atoms with Crippen molar-refractivity contribution in [2.45, 2.75) is 38.6 Å². The highest BCUT2D eigenvalue weighted by Gasteiger charge is 2.14. The molecule has 0 spiro atoms. The lowest BCUT2D eigenvalue weighted by atomic mass is 9.89. The zero-order valence-electron chi connectivity index (χ0n) is 16.9. The van der Waals surface area contributed by atoms with E-state index in [0.29, 0.717) is 5.56 Å². The summed E-state index contributed by atoms with van der Waals surface area (Å²) in [6.45, 7) is 2.21. The molecule has 0 radical (unpaired) electrons. The average Bonchev–Trinajstić information content (AvgIpc) is 2.71. The Morgan fingerprint density at radius 3 is 2.36 bits per heavy atom. The van der Waals surface area contributed by atoms with Crippen LogP contribution in [-0.2, 0) is 17.6 Å². The third-order valence-corrected chi connectivity index (χ3v) is 5.24. The molecule has 2 amide bonds. The molecule has 1 aliphatic carbocycles. The highest BCUT2D eigenvalue weighted by atomic mass is 16.2. The van der Waals surface area contributed by atoms with Crippen LogP contribution >= 0.6 is 0 Å². The van der Waals surface area contributed by atoms with Gasteiger partial charge in [-0.05, 0) is 73.6 Å². The van der Waals surface area contributed by atoms with E-state index >= 15 is 0 Å². The molecule has 1 aliphatic rings. The molecule has 5 nitrogen and oxygen atoms in total. The van der Waals surface area contributed by atoms with Crippen molar-refractivity contribution < 1.29 is 9.59 Å². The predicted molar refractivity (Wildman–Crippen MR) is 113 cm³/mol. The molecule has 0 saturated carbocycles. The van der Waals surface area contributed by atoms with E-state index in [2.05, 4.69) is 28.8 Å². The molecule has 3 rings (SSSR count). The van der Waals surface area contributed by atoms with Crippen molar-refractivity contribution in [2.24, 2.45) is 0 Å². The van der Waals surface area contributed by atoms with Gasteiger partial charge in [0.2, 0.25) is 5.91 Å². The zero-order valence-corrected chi connectivity index (χ0v) is 16.9. The number of carbonyl (C=O) groups excluding carboxylic acids is 2. The first-order chi connectivity index (χ1) is 13.4. The second-order valence-electron chi connectivity index (χ2n) is 7.65. The summed E-state index contributed by atoms with van der Waals surface area (Å²) in [6.07, 6.45) is 4.82. The number of nitrogens with zero attached hydrogens (tertiary/aromatic N) is 1. The van der Waals surface area contributed by atoms with Crippen molar-refractivity contribution in [2.75, 3.05) is 26.0 Å². The number of carbonyl (C=O) groups is 2. The van der Waals surface area contributed by atoms with Gasteiger partial charge in [0.25, 0.3) is 5.91 Å². The molecule has 0 aliphatic heterocycles. The third kappa shape index (κ3) is 4.91. The fourth-order valence-electron chi connectivity index (χ4n) is 3.57. The number of anilines is 1. The summed E-state index contributed by atoms with van der Waals surface area (Å²) in [4.78, 5) is 25.8. The molecule has 1 unspecified atom stereocenters. The molecule has 2 aromatic carbocycles. The van der Waals surface area contributed by atoms with Crippen molar-refractivity contribution in [3.05, 3.63) is 64.7 Å². The van der Waals surface area contributed by atoms with Crippen molar-refractivity contribution in [1.82, 2.24) is 10.2 Å². The lowest BCUT2D eigenvalue weighted by Gasteiger charge is -2.20. The van der Waals surface area contributed by atoms with Crippen LogP contribution in [0.3, 0.4) is 0 Å². The van der Waals surface area contributed by atoms with Gasteiger partial charge in [0.15, 0.2) is 0 Å². The number of nitrogens with one attached hydrogen (secondary N) is 2. The molecule has 0 aromatic heterocycles. The maximum atomic E-state index is 12.3. The summed E-state index contributed by atoms with van der Waals surface area (Å²) in [5.41, 5.74) is 5.47. The maximum Gasteiger partial charge on any atom is 0.253 e. The smallest absolute Gasteiger partial charge is 0.253 e. The van der Waals surface area contributed by atoms with Crippen LogP contribution in [0.15, 0.2) is 42.5 Å². The molecular weight excluding hydrogens is 350 g/mol. The highest BCUT2D eigenvalue weighted by molar-refractivity contribution is 5.94. The molecule has 28 heavy (non-hydrogen) atoms. The monoisotopic (exact) mass is 379 g/mol. The van der Waals surface area contributed by atoms with E-state index in [0.717, 1.165) is 17.7 Å². The predicted octanol–water partition coefficient (Wildman–Crippen LogP) is 3.56. The van der Waals surface area contributed by atoms with Crippen molar-refractivity contribution in [1.29, 1.82) is 0 Å². The number of aryl methyl sites for hydroxylation is 2. The van der Waals surface area contributed by atoms with Crippen molar-refractivity contribution >= 4 is 17.5 Å². The summed E-state index contributed by atoms with van der Waals surface area (Å²) in [6, 6.07) is 13.7. The second kappa shape index (κ2) is 8.91. The van der Waals surface area contributed by atoms with Gasteiger partial charge in [0, 0.05) is 25.3 Å². The Labute approximate surface area is 167 Å². The number of hydrogen-bond acceptors (Lipinski definition) is 3. The van der Waals surface area contributed by atoms with E-state index in [1.165, 1.54) is 35.3 Å². The number of rotatable bonds is 6. The van der Waals surface area contributed by atoms with Gasteiger partial charge in [0.1, 0.15) is 0 Å². The molecule has 2 N–H and O–H groups in total. The molecule has 148 valence electrons. The summed E-state index contributed by atoms with van der Waals surface area (Å²) >= 11 is 0. The van der Waals surface area contributed by atoms with Gasteiger partial charge >= 0.3 is 0 Å². The summed E-state index contributed by atoms with van der Waals surface area (Å²) in [7, 11) is 3.45. The number of benzene rings is 2.